The Kier molecular flexibility index (Phi) is 4.10. The summed E-state index contributed by atoms with van der Waals surface area (Å²) < 4.78 is 14.1. The molecule has 0 N–H and O–H groups in total. The molecule has 0 bridgehead atoms. The molecular weight excluding hydrogens is 239 g/mol. The molecule has 0 aliphatic heterocycles. The van der Waals surface area contributed by atoms with E-state index in [0.717, 1.165) is 24.0 Å². The minimum Gasteiger partial charge on any atom is -0.298 e. The molecule has 0 atom stereocenters. The molecule has 98 valence electrons. The standard InChI is InChI=1S/C17H17FO/c1-3-12-5-7-14(4-2)16(9-12)15-8-6-13(11-19)10-17(15)18/h5-11H,3-4H2,1-2H3. The van der Waals surface area contributed by atoms with Crippen molar-refractivity contribution in [2.75, 3.05) is 0 Å². The molecule has 0 unspecified atom stereocenters. The summed E-state index contributed by atoms with van der Waals surface area (Å²) in [7, 11) is 0. The summed E-state index contributed by atoms with van der Waals surface area (Å²) in [4.78, 5) is 10.7. The van der Waals surface area contributed by atoms with Gasteiger partial charge in [-0.05, 0) is 35.6 Å². The van der Waals surface area contributed by atoms with E-state index in [-0.39, 0.29) is 5.82 Å². The minimum atomic E-state index is -0.340. The van der Waals surface area contributed by atoms with Crippen molar-refractivity contribution in [3.8, 4) is 11.1 Å². The van der Waals surface area contributed by atoms with Gasteiger partial charge in [0.05, 0.1) is 0 Å². The molecule has 0 saturated carbocycles. The fraction of sp³-hybridized carbons (Fsp3) is 0.235. The van der Waals surface area contributed by atoms with E-state index in [1.165, 1.54) is 11.6 Å². The highest BCUT2D eigenvalue weighted by molar-refractivity contribution is 5.78. The lowest BCUT2D eigenvalue weighted by atomic mass is 9.94. The van der Waals surface area contributed by atoms with Crippen molar-refractivity contribution >= 4 is 6.29 Å². The highest BCUT2D eigenvalue weighted by atomic mass is 19.1. The van der Waals surface area contributed by atoms with Crippen molar-refractivity contribution < 1.29 is 9.18 Å². The number of halogens is 1. The summed E-state index contributed by atoms with van der Waals surface area (Å²) in [6, 6.07) is 10.8. The van der Waals surface area contributed by atoms with E-state index < -0.39 is 0 Å². The first-order valence-electron chi connectivity index (χ1n) is 6.56. The van der Waals surface area contributed by atoms with Crippen LogP contribution in [0.5, 0.6) is 0 Å². The van der Waals surface area contributed by atoms with E-state index in [9.17, 15) is 9.18 Å². The van der Waals surface area contributed by atoms with E-state index in [4.69, 9.17) is 0 Å². The van der Waals surface area contributed by atoms with E-state index in [1.54, 1.807) is 12.1 Å². The molecular formula is C17H17FO. The van der Waals surface area contributed by atoms with Crippen LogP contribution in [0.15, 0.2) is 36.4 Å². The van der Waals surface area contributed by atoms with Crippen molar-refractivity contribution in [2.45, 2.75) is 26.7 Å². The third-order valence-electron chi connectivity index (χ3n) is 3.38. The number of aldehydes is 1. The SMILES string of the molecule is CCc1ccc(CC)c(-c2ccc(C=O)cc2F)c1. The predicted octanol–water partition coefficient (Wildman–Crippen LogP) is 4.43. The van der Waals surface area contributed by atoms with Gasteiger partial charge in [0.2, 0.25) is 0 Å². The van der Waals surface area contributed by atoms with Gasteiger partial charge < -0.3 is 0 Å². The van der Waals surface area contributed by atoms with Crippen LogP contribution in [0, 0.1) is 5.82 Å². The molecule has 2 heteroatoms. The predicted molar refractivity (Wildman–Crippen MR) is 76.0 cm³/mol. The number of carbonyl (C=O) groups excluding carboxylic acids is 1. The third kappa shape index (κ3) is 2.73. The molecule has 0 aromatic heterocycles. The number of aryl methyl sites for hydroxylation is 2. The Morgan fingerprint density at radius 3 is 2.37 bits per heavy atom. The van der Waals surface area contributed by atoms with E-state index in [1.807, 2.05) is 6.07 Å². The normalized spacial score (nSPS) is 10.5. The topological polar surface area (TPSA) is 17.1 Å². The number of rotatable bonds is 4. The molecule has 0 radical (unpaired) electrons. The van der Waals surface area contributed by atoms with Gasteiger partial charge in [-0.2, -0.15) is 0 Å². The molecule has 0 fully saturated rings. The van der Waals surface area contributed by atoms with Crippen molar-refractivity contribution in [1.29, 1.82) is 0 Å². The van der Waals surface area contributed by atoms with Crippen molar-refractivity contribution in [3.63, 3.8) is 0 Å². The van der Waals surface area contributed by atoms with Crippen LogP contribution in [0.3, 0.4) is 0 Å². The fourth-order valence-electron chi connectivity index (χ4n) is 2.23. The molecule has 0 aliphatic rings. The van der Waals surface area contributed by atoms with Gasteiger partial charge in [0.25, 0.3) is 0 Å². The summed E-state index contributed by atoms with van der Waals surface area (Å²) >= 11 is 0. The number of carbonyl (C=O) groups is 1. The monoisotopic (exact) mass is 256 g/mol. The van der Waals surface area contributed by atoms with Crippen molar-refractivity contribution in [2.24, 2.45) is 0 Å². The summed E-state index contributed by atoms with van der Waals surface area (Å²) in [5, 5.41) is 0. The van der Waals surface area contributed by atoms with Gasteiger partial charge in [-0.25, -0.2) is 4.39 Å². The largest absolute Gasteiger partial charge is 0.298 e. The molecule has 19 heavy (non-hydrogen) atoms. The molecule has 2 rings (SSSR count). The van der Waals surface area contributed by atoms with Crippen LogP contribution in [0.4, 0.5) is 4.39 Å². The first-order valence-corrected chi connectivity index (χ1v) is 6.56. The average molecular weight is 256 g/mol. The molecule has 2 aromatic rings. The van der Waals surface area contributed by atoms with Gasteiger partial charge >= 0.3 is 0 Å². The first-order chi connectivity index (χ1) is 9.19. The molecule has 0 amide bonds. The molecule has 0 heterocycles. The van der Waals surface area contributed by atoms with Gasteiger partial charge in [0, 0.05) is 11.1 Å². The second-order valence-corrected chi connectivity index (χ2v) is 4.56. The average Bonchev–Trinajstić information content (AvgIpc) is 2.46. The zero-order chi connectivity index (χ0) is 13.8. The zero-order valence-corrected chi connectivity index (χ0v) is 11.2. The van der Waals surface area contributed by atoms with Gasteiger partial charge in [0.15, 0.2) is 0 Å². The lowest BCUT2D eigenvalue weighted by Gasteiger charge is -2.11. The van der Waals surface area contributed by atoms with E-state index in [2.05, 4.69) is 26.0 Å². The van der Waals surface area contributed by atoms with Crippen LogP contribution in [0.2, 0.25) is 0 Å². The number of benzene rings is 2. The second-order valence-electron chi connectivity index (χ2n) is 4.56. The Hall–Kier alpha value is -1.96. The van der Waals surface area contributed by atoms with Crippen LogP contribution < -0.4 is 0 Å². The van der Waals surface area contributed by atoms with Gasteiger partial charge in [-0.15, -0.1) is 0 Å². The smallest absolute Gasteiger partial charge is 0.150 e. The Morgan fingerprint density at radius 2 is 1.79 bits per heavy atom. The fourth-order valence-corrected chi connectivity index (χ4v) is 2.23. The third-order valence-corrected chi connectivity index (χ3v) is 3.38. The Labute approximate surface area is 113 Å². The van der Waals surface area contributed by atoms with Crippen LogP contribution in [-0.4, -0.2) is 6.29 Å². The van der Waals surface area contributed by atoms with Gasteiger partial charge in [0.1, 0.15) is 12.1 Å². The second kappa shape index (κ2) is 5.79. The highest BCUT2D eigenvalue weighted by Crippen LogP contribution is 2.28. The minimum absolute atomic E-state index is 0.340. The van der Waals surface area contributed by atoms with Crippen LogP contribution >= 0.6 is 0 Å². The first kappa shape index (κ1) is 13.5. The molecule has 2 aromatic carbocycles. The maximum absolute atomic E-state index is 14.1. The number of hydrogen-bond donors (Lipinski definition) is 0. The summed E-state index contributed by atoms with van der Waals surface area (Å²) in [5.41, 5.74) is 4.17. The molecule has 0 saturated heterocycles. The van der Waals surface area contributed by atoms with Crippen LogP contribution in [0.25, 0.3) is 11.1 Å². The van der Waals surface area contributed by atoms with Crippen molar-refractivity contribution in [1.82, 2.24) is 0 Å². The Balaban J connectivity index is 2.59. The Bertz CT molecular complexity index is 602. The summed E-state index contributed by atoms with van der Waals surface area (Å²) in [6.07, 6.45) is 2.44. The van der Waals surface area contributed by atoms with Crippen LogP contribution in [0.1, 0.15) is 35.3 Å². The molecule has 0 aliphatic carbocycles. The molecule has 0 spiro atoms. The maximum Gasteiger partial charge on any atom is 0.150 e. The zero-order valence-electron chi connectivity index (χ0n) is 11.2. The summed E-state index contributed by atoms with van der Waals surface area (Å²) in [6.45, 7) is 4.14. The van der Waals surface area contributed by atoms with E-state index >= 15 is 0 Å². The van der Waals surface area contributed by atoms with Gasteiger partial charge in [-0.3, -0.25) is 4.79 Å². The molecule has 1 nitrogen and oxygen atoms in total. The lowest BCUT2D eigenvalue weighted by molar-refractivity contribution is 0.112. The number of hydrogen-bond acceptors (Lipinski definition) is 1. The lowest BCUT2D eigenvalue weighted by Crippen LogP contribution is -1.94. The Morgan fingerprint density at radius 1 is 1.00 bits per heavy atom. The van der Waals surface area contributed by atoms with Crippen molar-refractivity contribution in [3.05, 3.63) is 58.9 Å². The maximum atomic E-state index is 14.1. The summed E-state index contributed by atoms with van der Waals surface area (Å²) in [5.74, 6) is -0.340. The van der Waals surface area contributed by atoms with E-state index in [0.29, 0.717) is 17.4 Å². The van der Waals surface area contributed by atoms with Gasteiger partial charge in [-0.1, -0.05) is 44.2 Å². The highest BCUT2D eigenvalue weighted by Gasteiger charge is 2.10. The van der Waals surface area contributed by atoms with Crippen LogP contribution in [-0.2, 0) is 12.8 Å². The quantitative estimate of drug-likeness (QED) is 0.739.